The molecule has 2 rings (SSSR count). The highest BCUT2D eigenvalue weighted by Crippen LogP contribution is 2.22. The third kappa shape index (κ3) is 6.31. The summed E-state index contributed by atoms with van der Waals surface area (Å²) >= 11 is 6.23. The van der Waals surface area contributed by atoms with E-state index in [-0.39, 0.29) is 35.9 Å². The molecule has 29 heavy (non-hydrogen) atoms. The largest absolute Gasteiger partial charge is 0.461 e. The fourth-order valence-electron chi connectivity index (χ4n) is 2.51. The summed E-state index contributed by atoms with van der Waals surface area (Å²) in [5, 5.41) is 12.6. The van der Waals surface area contributed by atoms with E-state index >= 15 is 0 Å². The van der Waals surface area contributed by atoms with Gasteiger partial charge in [-0.3, -0.25) is 0 Å². The van der Waals surface area contributed by atoms with Crippen LogP contribution in [-0.2, 0) is 4.74 Å². The fraction of sp³-hybridized carbons (Fsp3) is 0.400. The number of anilines is 2. The molecular weight excluding hydrogens is 394 g/mol. The summed E-state index contributed by atoms with van der Waals surface area (Å²) < 4.78 is 5.01. The van der Waals surface area contributed by atoms with Gasteiger partial charge in [0.05, 0.1) is 12.2 Å². The number of nitrogen functional groups attached to an aromatic ring is 1. The average Bonchev–Trinajstić information content (AvgIpc) is 2.71. The Morgan fingerprint density at radius 1 is 1.38 bits per heavy atom. The summed E-state index contributed by atoms with van der Waals surface area (Å²) in [4.78, 5) is 24.3. The third-order valence-electron chi connectivity index (χ3n) is 4.16. The van der Waals surface area contributed by atoms with Crippen LogP contribution in [0.5, 0.6) is 0 Å². The lowest BCUT2D eigenvalue weighted by atomic mass is 10.0. The van der Waals surface area contributed by atoms with E-state index in [4.69, 9.17) is 22.1 Å². The van der Waals surface area contributed by atoms with Gasteiger partial charge in [-0.25, -0.2) is 9.78 Å². The minimum atomic E-state index is -0.551. The van der Waals surface area contributed by atoms with Gasteiger partial charge in [-0.1, -0.05) is 36.8 Å². The first kappa shape index (κ1) is 22.4. The molecule has 0 amide bonds. The van der Waals surface area contributed by atoms with Gasteiger partial charge in [0.1, 0.15) is 11.4 Å². The van der Waals surface area contributed by atoms with E-state index in [2.05, 4.69) is 32.1 Å². The van der Waals surface area contributed by atoms with Crippen LogP contribution in [0.3, 0.4) is 0 Å². The molecule has 0 aliphatic carbocycles. The van der Waals surface area contributed by atoms with Crippen molar-refractivity contribution < 1.29 is 14.6 Å². The van der Waals surface area contributed by atoms with Crippen molar-refractivity contribution in [2.24, 2.45) is 5.92 Å². The van der Waals surface area contributed by atoms with E-state index in [9.17, 15) is 9.90 Å². The Kier molecular flexibility index (Phi) is 8.65. The summed E-state index contributed by atoms with van der Waals surface area (Å²) in [7, 11) is 0. The van der Waals surface area contributed by atoms with Gasteiger partial charge < -0.3 is 20.9 Å². The highest BCUT2D eigenvalue weighted by atomic mass is 35.5. The maximum Gasteiger partial charge on any atom is 0.358 e. The number of aromatic nitrogens is 3. The smallest absolute Gasteiger partial charge is 0.358 e. The first-order valence-corrected chi connectivity index (χ1v) is 9.69. The predicted octanol–water partition coefficient (Wildman–Crippen LogP) is 2.50. The van der Waals surface area contributed by atoms with Gasteiger partial charge in [0.15, 0.2) is 10.8 Å². The van der Waals surface area contributed by atoms with Gasteiger partial charge in [0.25, 0.3) is 0 Å². The number of aliphatic hydroxyl groups is 1. The number of ether oxygens (including phenoxy) is 1. The molecule has 2 aromatic rings. The molecule has 1 unspecified atom stereocenters. The van der Waals surface area contributed by atoms with Crippen molar-refractivity contribution in [2.75, 3.05) is 30.8 Å². The molecule has 0 aliphatic rings. The second kappa shape index (κ2) is 11.2. The van der Waals surface area contributed by atoms with Gasteiger partial charge >= 0.3 is 5.97 Å². The van der Waals surface area contributed by atoms with Crippen LogP contribution >= 0.6 is 11.6 Å². The average molecular weight is 418 g/mol. The number of hydrogen-bond donors (Lipinski definition) is 3. The van der Waals surface area contributed by atoms with Crippen molar-refractivity contribution >= 4 is 29.3 Å². The second-order valence-electron chi connectivity index (χ2n) is 6.14. The van der Waals surface area contributed by atoms with Crippen molar-refractivity contribution in [2.45, 2.75) is 26.7 Å². The zero-order valence-electron chi connectivity index (χ0n) is 16.4. The number of pyridine rings is 1. The Bertz CT molecular complexity index is 907. The summed E-state index contributed by atoms with van der Waals surface area (Å²) in [5.41, 5.74) is 6.59. The normalized spacial score (nSPS) is 11.3. The van der Waals surface area contributed by atoms with E-state index < -0.39 is 5.97 Å². The van der Waals surface area contributed by atoms with E-state index in [1.165, 1.54) is 6.20 Å². The first-order valence-electron chi connectivity index (χ1n) is 9.31. The molecule has 1 atom stereocenters. The van der Waals surface area contributed by atoms with Crippen molar-refractivity contribution in [3.63, 3.8) is 0 Å². The van der Waals surface area contributed by atoms with Crippen LogP contribution in [0.2, 0.25) is 5.15 Å². The Balaban J connectivity index is 2.32. The molecule has 9 heteroatoms. The van der Waals surface area contributed by atoms with Gasteiger partial charge in [-0.15, -0.1) is 0 Å². The summed E-state index contributed by atoms with van der Waals surface area (Å²) in [6.07, 6.45) is 3.11. The zero-order chi connectivity index (χ0) is 21.2. The Hall–Kier alpha value is -2.89. The number of aliphatic hydroxyl groups excluding tert-OH is 1. The van der Waals surface area contributed by atoms with Crippen LogP contribution < -0.4 is 11.1 Å². The van der Waals surface area contributed by atoms with Crippen molar-refractivity contribution in [1.82, 2.24) is 15.0 Å². The van der Waals surface area contributed by atoms with Gasteiger partial charge in [-0.05, 0) is 31.4 Å². The minimum absolute atomic E-state index is 0.0193. The molecule has 0 fully saturated rings. The standard InChI is InChI=1S/C20H24ClN5O3/c1-3-13(12-27)9-11-24-18-15(17(21)25-20(22)26-18)8-7-14-6-5-10-23-16(14)19(28)29-4-2/h5-6,10,13,27H,3-4,9,11-12H2,1-2H3,(H3,22,24,25,26). The summed E-state index contributed by atoms with van der Waals surface area (Å²) in [5.74, 6) is 5.85. The van der Waals surface area contributed by atoms with Crippen molar-refractivity contribution in [3.05, 3.63) is 40.3 Å². The highest BCUT2D eigenvalue weighted by molar-refractivity contribution is 6.31. The lowest BCUT2D eigenvalue weighted by Crippen LogP contribution is -2.14. The number of rotatable bonds is 8. The predicted molar refractivity (Wildman–Crippen MR) is 112 cm³/mol. The number of nitrogens with one attached hydrogen (secondary N) is 1. The van der Waals surface area contributed by atoms with Crippen LogP contribution in [0, 0.1) is 17.8 Å². The van der Waals surface area contributed by atoms with Crippen molar-refractivity contribution in [1.29, 1.82) is 0 Å². The maximum absolute atomic E-state index is 12.1. The molecule has 4 N–H and O–H groups in total. The molecule has 0 aromatic carbocycles. The molecule has 0 radical (unpaired) electrons. The van der Waals surface area contributed by atoms with Crippen LogP contribution in [-0.4, -0.2) is 45.8 Å². The maximum atomic E-state index is 12.1. The quantitative estimate of drug-likeness (QED) is 0.340. The van der Waals surface area contributed by atoms with Crippen LogP contribution in [0.1, 0.15) is 48.3 Å². The van der Waals surface area contributed by atoms with Crippen LogP contribution in [0.4, 0.5) is 11.8 Å². The fourth-order valence-corrected chi connectivity index (χ4v) is 2.73. The highest BCUT2D eigenvalue weighted by Gasteiger charge is 2.14. The topological polar surface area (TPSA) is 123 Å². The number of carbonyl (C=O) groups excluding carboxylic acids is 1. The Morgan fingerprint density at radius 2 is 2.17 bits per heavy atom. The monoisotopic (exact) mass is 417 g/mol. The molecule has 0 saturated heterocycles. The molecule has 0 bridgehead atoms. The van der Waals surface area contributed by atoms with E-state index in [1.807, 2.05) is 6.92 Å². The molecule has 2 aromatic heterocycles. The lowest BCUT2D eigenvalue weighted by Gasteiger charge is -2.13. The van der Waals surface area contributed by atoms with Crippen LogP contribution in [0.15, 0.2) is 18.3 Å². The molecule has 154 valence electrons. The number of hydrogen-bond acceptors (Lipinski definition) is 8. The Labute approximate surface area is 174 Å². The van der Waals surface area contributed by atoms with Gasteiger partial charge in [0, 0.05) is 19.3 Å². The summed E-state index contributed by atoms with van der Waals surface area (Å²) in [6, 6.07) is 3.34. The third-order valence-corrected chi connectivity index (χ3v) is 4.43. The molecule has 0 saturated carbocycles. The number of carbonyl (C=O) groups is 1. The number of esters is 1. The van der Waals surface area contributed by atoms with E-state index in [1.54, 1.807) is 19.1 Å². The molecule has 0 aliphatic heterocycles. The first-order chi connectivity index (χ1) is 14.0. The zero-order valence-corrected chi connectivity index (χ0v) is 17.2. The number of halogens is 1. The van der Waals surface area contributed by atoms with Crippen molar-refractivity contribution in [3.8, 4) is 11.8 Å². The van der Waals surface area contributed by atoms with E-state index in [0.29, 0.717) is 23.5 Å². The molecule has 8 nitrogen and oxygen atoms in total. The second-order valence-corrected chi connectivity index (χ2v) is 6.50. The van der Waals surface area contributed by atoms with E-state index in [0.717, 1.165) is 12.8 Å². The Morgan fingerprint density at radius 3 is 2.86 bits per heavy atom. The molecule has 2 heterocycles. The minimum Gasteiger partial charge on any atom is -0.461 e. The number of nitrogens with zero attached hydrogens (tertiary/aromatic N) is 3. The SMILES string of the molecule is CCOC(=O)c1ncccc1C#Cc1c(Cl)nc(N)nc1NCCC(CC)CO. The van der Waals surface area contributed by atoms with Crippen LogP contribution in [0.25, 0.3) is 0 Å². The lowest BCUT2D eigenvalue weighted by molar-refractivity contribution is 0.0519. The molecular formula is C20H24ClN5O3. The van der Waals surface area contributed by atoms with Gasteiger partial charge in [0.2, 0.25) is 5.95 Å². The number of nitrogens with two attached hydrogens (primary N) is 1. The molecule has 0 spiro atoms. The van der Waals surface area contributed by atoms with Gasteiger partial charge in [-0.2, -0.15) is 9.97 Å². The summed E-state index contributed by atoms with van der Waals surface area (Å²) in [6.45, 7) is 4.65.